The van der Waals surface area contributed by atoms with Gasteiger partial charge in [-0.15, -0.1) is 0 Å². The molecule has 1 rings (SSSR count). The lowest BCUT2D eigenvalue weighted by Crippen LogP contribution is -2.07. The molecule has 0 spiro atoms. The van der Waals surface area contributed by atoms with Crippen molar-refractivity contribution >= 4 is 0 Å². The highest BCUT2D eigenvalue weighted by Gasteiger charge is 2.09. The topological polar surface area (TPSA) is 83.2 Å². The van der Waals surface area contributed by atoms with Crippen molar-refractivity contribution in [2.45, 2.75) is 12.5 Å². The number of hydrogen-bond acceptors (Lipinski definition) is 4. The molecule has 0 amide bonds. The largest absolute Gasteiger partial charge is 0.481 e. The maximum absolute atomic E-state index is 8.77. The quantitative estimate of drug-likeness (QED) is 0.659. The van der Waals surface area contributed by atoms with Gasteiger partial charge in [-0.2, -0.15) is 5.26 Å². The van der Waals surface area contributed by atoms with Crippen molar-refractivity contribution in [1.82, 2.24) is 0 Å². The molecule has 58 valence electrons. The van der Waals surface area contributed by atoms with Gasteiger partial charge in [0.2, 0.25) is 0 Å². The molecule has 1 aromatic rings. The van der Waals surface area contributed by atoms with Crippen LogP contribution < -0.4 is 5.73 Å². The second kappa shape index (κ2) is 3.08. The molecule has 1 heterocycles. The molecule has 4 heteroatoms. The molecule has 1 atom stereocenters. The SMILES string of the molecule is N#CC[C@H](N)c1ccc(O)o1. The average Bonchev–Trinajstić information content (AvgIpc) is 2.36. The van der Waals surface area contributed by atoms with Crippen LogP contribution >= 0.6 is 0 Å². The lowest BCUT2D eigenvalue weighted by atomic mass is 10.2. The molecule has 4 nitrogen and oxygen atoms in total. The van der Waals surface area contributed by atoms with E-state index in [0.717, 1.165) is 0 Å². The summed E-state index contributed by atoms with van der Waals surface area (Å²) in [5.74, 6) is 0.262. The number of nitrogens with zero attached hydrogens (tertiary/aromatic N) is 1. The zero-order chi connectivity index (χ0) is 8.27. The minimum atomic E-state index is -0.444. The summed E-state index contributed by atoms with van der Waals surface area (Å²) in [7, 11) is 0. The fourth-order valence-corrected chi connectivity index (χ4v) is 0.740. The lowest BCUT2D eigenvalue weighted by molar-refractivity contribution is 0.310. The predicted octanol–water partition coefficient (Wildman–Crippen LogP) is 0.899. The van der Waals surface area contributed by atoms with Crippen molar-refractivity contribution in [3.05, 3.63) is 17.9 Å². The Morgan fingerprint density at radius 3 is 2.91 bits per heavy atom. The third-order valence-electron chi connectivity index (χ3n) is 1.29. The van der Waals surface area contributed by atoms with Gasteiger partial charge in [-0.05, 0) is 6.07 Å². The van der Waals surface area contributed by atoms with E-state index in [0.29, 0.717) is 5.76 Å². The summed E-state index contributed by atoms with van der Waals surface area (Å²) in [5.41, 5.74) is 5.49. The number of hydrogen-bond donors (Lipinski definition) is 2. The van der Waals surface area contributed by atoms with Crippen molar-refractivity contribution in [3.8, 4) is 12.0 Å². The third-order valence-corrected chi connectivity index (χ3v) is 1.29. The molecule has 3 N–H and O–H groups in total. The van der Waals surface area contributed by atoms with Gasteiger partial charge in [0.05, 0.1) is 18.5 Å². The first-order chi connectivity index (χ1) is 5.24. The van der Waals surface area contributed by atoms with E-state index in [1.807, 2.05) is 6.07 Å². The van der Waals surface area contributed by atoms with Crippen LogP contribution in [0.25, 0.3) is 0 Å². The zero-order valence-corrected chi connectivity index (χ0v) is 5.82. The Kier molecular flexibility index (Phi) is 2.14. The van der Waals surface area contributed by atoms with E-state index in [1.165, 1.54) is 6.07 Å². The van der Waals surface area contributed by atoms with Crippen LogP contribution in [-0.2, 0) is 0 Å². The molecule has 0 radical (unpaired) electrons. The maximum Gasteiger partial charge on any atom is 0.281 e. The van der Waals surface area contributed by atoms with Crippen LogP contribution in [0.5, 0.6) is 5.95 Å². The average molecular weight is 152 g/mol. The highest BCUT2D eigenvalue weighted by molar-refractivity contribution is 5.13. The van der Waals surface area contributed by atoms with Crippen molar-refractivity contribution in [2.24, 2.45) is 5.73 Å². The van der Waals surface area contributed by atoms with Crippen LogP contribution in [0.1, 0.15) is 18.2 Å². The standard InChI is InChI=1S/C7H8N2O2/c8-4-3-5(9)6-1-2-7(10)11-6/h1-2,5,10H,3,9H2/t5-/m0/s1. The predicted molar refractivity (Wildman–Crippen MR) is 37.5 cm³/mol. The number of rotatable bonds is 2. The smallest absolute Gasteiger partial charge is 0.281 e. The van der Waals surface area contributed by atoms with Gasteiger partial charge in [-0.25, -0.2) is 0 Å². The Morgan fingerprint density at radius 1 is 1.73 bits per heavy atom. The maximum atomic E-state index is 8.77. The summed E-state index contributed by atoms with van der Waals surface area (Å²) < 4.78 is 4.78. The van der Waals surface area contributed by atoms with Crippen molar-refractivity contribution < 1.29 is 9.52 Å². The summed E-state index contributed by atoms with van der Waals surface area (Å²) in [5, 5.41) is 17.0. The number of nitriles is 1. The van der Waals surface area contributed by atoms with Gasteiger partial charge < -0.3 is 15.3 Å². The van der Waals surface area contributed by atoms with E-state index in [2.05, 4.69) is 0 Å². The minimum absolute atomic E-state index is 0.173. The summed E-state index contributed by atoms with van der Waals surface area (Å²) in [6, 6.07) is 4.41. The molecule has 0 unspecified atom stereocenters. The van der Waals surface area contributed by atoms with Crippen molar-refractivity contribution in [3.63, 3.8) is 0 Å². The first-order valence-electron chi connectivity index (χ1n) is 3.15. The number of aromatic hydroxyl groups is 1. The highest BCUT2D eigenvalue weighted by Crippen LogP contribution is 2.20. The zero-order valence-electron chi connectivity index (χ0n) is 5.82. The molecule has 0 bridgehead atoms. The van der Waals surface area contributed by atoms with Crippen LogP contribution in [0, 0.1) is 11.3 Å². The monoisotopic (exact) mass is 152 g/mol. The van der Waals surface area contributed by atoms with Gasteiger partial charge in [0.1, 0.15) is 5.76 Å². The third kappa shape index (κ3) is 1.72. The van der Waals surface area contributed by atoms with Crippen LogP contribution in [0.2, 0.25) is 0 Å². The summed E-state index contributed by atoms with van der Waals surface area (Å²) in [4.78, 5) is 0. The van der Waals surface area contributed by atoms with E-state index in [9.17, 15) is 0 Å². The van der Waals surface area contributed by atoms with Gasteiger partial charge in [0.15, 0.2) is 0 Å². The van der Waals surface area contributed by atoms with Gasteiger partial charge in [-0.3, -0.25) is 0 Å². The van der Waals surface area contributed by atoms with E-state index in [1.54, 1.807) is 6.07 Å². The number of furan rings is 1. The number of nitrogens with two attached hydrogens (primary N) is 1. The van der Waals surface area contributed by atoms with E-state index >= 15 is 0 Å². The van der Waals surface area contributed by atoms with Gasteiger partial charge >= 0.3 is 0 Å². The molecular formula is C7H8N2O2. The normalized spacial score (nSPS) is 12.4. The molecule has 0 aromatic carbocycles. The van der Waals surface area contributed by atoms with E-state index in [-0.39, 0.29) is 12.4 Å². The minimum Gasteiger partial charge on any atom is -0.481 e. The molecule has 0 saturated carbocycles. The Balaban J connectivity index is 2.70. The Hall–Kier alpha value is -1.47. The van der Waals surface area contributed by atoms with Gasteiger partial charge in [0, 0.05) is 6.07 Å². The van der Waals surface area contributed by atoms with Gasteiger partial charge in [-0.1, -0.05) is 0 Å². The summed E-state index contributed by atoms with van der Waals surface area (Å²) in [6.07, 6.45) is 0.187. The molecule has 0 aliphatic heterocycles. The second-order valence-corrected chi connectivity index (χ2v) is 2.14. The first kappa shape index (κ1) is 7.63. The lowest BCUT2D eigenvalue weighted by Gasteiger charge is -2.00. The molecule has 0 saturated heterocycles. The van der Waals surface area contributed by atoms with Crippen molar-refractivity contribution in [1.29, 1.82) is 5.26 Å². The molecule has 1 aromatic heterocycles. The summed E-state index contributed by atoms with van der Waals surface area (Å²) >= 11 is 0. The van der Waals surface area contributed by atoms with Crippen LogP contribution in [0.15, 0.2) is 16.5 Å². The van der Waals surface area contributed by atoms with Crippen LogP contribution in [-0.4, -0.2) is 5.11 Å². The Morgan fingerprint density at radius 2 is 2.45 bits per heavy atom. The second-order valence-electron chi connectivity index (χ2n) is 2.14. The first-order valence-corrected chi connectivity index (χ1v) is 3.15. The highest BCUT2D eigenvalue weighted by atomic mass is 16.5. The summed E-state index contributed by atoms with van der Waals surface area (Å²) in [6.45, 7) is 0. The van der Waals surface area contributed by atoms with E-state index in [4.69, 9.17) is 20.5 Å². The molecule has 11 heavy (non-hydrogen) atoms. The molecule has 0 aliphatic rings. The Bertz CT molecular complexity index is 274. The molecule has 0 aliphatic carbocycles. The Labute approximate surface area is 63.8 Å². The van der Waals surface area contributed by atoms with Crippen molar-refractivity contribution in [2.75, 3.05) is 0 Å². The van der Waals surface area contributed by atoms with Gasteiger partial charge in [0.25, 0.3) is 5.95 Å². The fourth-order valence-electron chi connectivity index (χ4n) is 0.740. The van der Waals surface area contributed by atoms with E-state index < -0.39 is 6.04 Å². The molecular weight excluding hydrogens is 144 g/mol. The van der Waals surface area contributed by atoms with Crippen LogP contribution in [0.3, 0.4) is 0 Å². The van der Waals surface area contributed by atoms with Crippen LogP contribution in [0.4, 0.5) is 0 Å². The molecule has 0 fully saturated rings. The fraction of sp³-hybridized carbons (Fsp3) is 0.286.